The SMILES string of the molecule is CC1(C)c2ccccc2-c2cc(N(c3ccc(-c4ccc(-c5ccc6ccc7c(-c8ccc(C=C9C(=O)c%10cc(C#N)c(C#N)c(C#N)c%10C9=C(C#N)C#N)cc8)ccc8ccc5c6c87)cc4)cc3)c3ccc4c(c3)-c3ccccc3C4(C)C)ccc21. The van der Waals surface area contributed by atoms with Gasteiger partial charge in [-0.25, -0.2) is 0 Å². The Morgan fingerprint density at radius 2 is 0.862 bits per heavy atom. The Hall–Kier alpha value is -11.9. The Kier molecular flexibility index (Phi) is 11.5. The summed E-state index contributed by atoms with van der Waals surface area (Å²) in [7, 11) is 0. The number of carbonyl (C=O) groups is 1. The highest BCUT2D eigenvalue weighted by molar-refractivity contribution is 6.31. The molecule has 0 saturated heterocycles. The molecule has 0 radical (unpaired) electrons. The molecule has 0 heterocycles. The second-order valence-electron chi connectivity index (χ2n) is 23.8. The van der Waals surface area contributed by atoms with Crippen molar-refractivity contribution in [1.82, 2.24) is 0 Å². The van der Waals surface area contributed by atoms with Crippen molar-refractivity contribution in [3.05, 3.63) is 279 Å². The van der Waals surface area contributed by atoms with Crippen LogP contribution in [0, 0.1) is 56.7 Å². The van der Waals surface area contributed by atoms with Gasteiger partial charge in [0.2, 0.25) is 0 Å². The average molecular weight is 1110 g/mol. The Morgan fingerprint density at radius 3 is 1.36 bits per heavy atom. The van der Waals surface area contributed by atoms with E-state index in [1.165, 1.54) is 56.0 Å². The molecule has 0 N–H and O–H groups in total. The standard InChI is InChI=1S/C80H48N6O/c1-79(2)70-11-7-5-9-60(70)64-39-56(29-35-72(64)79)86(57-30-36-73-65(40-57)61-10-6-8-12-71(61)80(73,3)4)55-27-21-48(22-28-55)47-17-19-50(20-18-47)59-32-24-52-25-33-62-58(31-23-51-26-34-63(59)75(52)74(51)62)49-15-13-46(14-16-49)37-66-76(54(42-82)43-83)77-67(78(66)87)38-53(41-81)68(44-84)69(77)45-85/h5-40H,1-4H3. The first-order chi connectivity index (χ1) is 42.3. The number of allylic oxidation sites excluding steroid dienone is 3. The molecule has 3 aliphatic carbocycles. The first-order valence-corrected chi connectivity index (χ1v) is 28.9. The van der Waals surface area contributed by atoms with Gasteiger partial charge in [-0.3, -0.25) is 4.79 Å². The molecule has 0 spiro atoms. The van der Waals surface area contributed by atoms with Gasteiger partial charge in [-0.1, -0.05) is 198 Å². The summed E-state index contributed by atoms with van der Waals surface area (Å²) in [5, 5.41) is 56.8. The molecule has 7 nitrogen and oxygen atoms in total. The predicted octanol–water partition coefficient (Wildman–Crippen LogP) is 19.4. The summed E-state index contributed by atoms with van der Waals surface area (Å²) in [5.41, 5.74) is 19.8. The number of nitrogens with zero attached hydrogens (tertiary/aromatic N) is 6. The van der Waals surface area contributed by atoms with Crippen molar-refractivity contribution < 1.29 is 4.79 Å². The Labute approximate surface area is 503 Å². The lowest BCUT2D eigenvalue weighted by Crippen LogP contribution is -2.16. The maximum absolute atomic E-state index is 14.1. The zero-order valence-electron chi connectivity index (χ0n) is 47.9. The van der Waals surface area contributed by atoms with E-state index in [4.69, 9.17) is 0 Å². The number of fused-ring (bicyclic) bond motifs is 7. The number of rotatable bonds is 7. The fraction of sp³-hybridized carbons (Fsp3) is 0.0750. The number of anilines is 3. The van der Waals surface area contributed by atoms with E-state index in [0.29, 0.717) is 5.56 Å². The molecule has 7 heteroatoms. The van der Waals surface area contributed by atoms with Crippen molar-refractivity contribution in [2.45, 2.75) is 38.5 Å². The maximum atomic E-state index is 14.1. The van der Waals surface area contributed by atoms with Crippen molar-refractivity contribution in [1.29, 1.82) is 26.3 Å². The second-order valence-corrected chi connectivity index (χ2v) is 23.8. The van der Waals surface area contributed by atoms with Crippen LogP contribution in [-0.4, -0.2) is 5.78 Å². The van der Waals surface area contributed by atoms with Gasteiger partial charge in [0.1, 0.15) is 35.9 Å². The highest BCUT2D eigenvalue weighted by Crippen LogP contribution is 2.54. The minimum absolute atomic E-state index is 0.00771. The van der Waals surface area contributed by atoms with Gasteiger partial charge in [0.05, 0.1) is 16.7 Å². The van der Waals surface area contributed by atoms with Crippen LogP contribution in [0.15, 0.2) is 223 Å². The summed E-state index contributed by atoms with van der Waals surface area (Å²) in [5.74, 6) is -0.551. The van der Waals surface area contributed by atoms with Crippen molar-refractivity contribution >= 4 is 66.8 Å². The third-order valence-electron chi connectivity index (χ3n) is 18.7. The minimum Gasteiger partial charge on any atom is -0.310 e. The number of nitriles is 5. The maximum Gasteiger partial charge on any atom is 0.194 e. The number of Topliss-reactive ketones (excluding diaryl/α,β-unsaturated/α-hetero) is 1. The molecule has 3 aliphatic rings. The summed E-state index contributed by atoms with van der Waals surface area (Å²) in [6.07, 6.45) is 1.59. The highest BCUT2D eigenvalue weighted by Gasteiger charge is 2.39. The number of hydrogen-bond acceptors (Lipinski definition) is 7. The summed E-state index contributed by atoms with van der Waals surface area (Å²) in [6.45, 7) is 9.32. The van der Waals surface area contributed by atoms with Crippen LogP contribution >= 0.6 is 0 Å². The molecule has 0 fully saturated rings. The molecule has 0 unspecified atom stereocenters. The van der Waals surface area contributed by atoms with Gasteiger partial charge in [-0.2, -0.15) is 26.3 Å². The van der Waals surface area contributed by atoms with Gasteiger partial charge in [-0.15, -0.1) is 0 Å². The average Bonchev–Trinajstić information content (AvgIpc) is 2.33. The smallest absolute Gasteiger partial charge is 0.194 e. The van der Waals surface area contributed by atoms with E-state index < -0.39 is 5.78 Å². The zero-order valence-corrected chi connectivity index (χ0v) is 47.9. The van der Waals surface area contributed by atoms with Gasteiger partial charge in [0.15, 0.2) is 5.78 Å². The molecule has 0 amide bonds. The largest absolute Gasteiger partial charge is 0.310 e. The van der Waals surface area contributed by atoms with Gasteiger partial charge in [0.25, 0.3) is 0 Å². The van der Waals surface area contributed by atoms with Crippen LogP contribution in [-0.2, 0) is 10.8 Å². The van der Waals surface area contributed by atoms with Crippen molar-refractivity contribution in [3.63, 3.8) is 0 Å². The molecule has 15 rings (SSSR count). The van der Waals surface area contributed by atoms with E-state index in [-0.39, 0.29) is 55.4 Å². The van der Waals surface area contributed by atoms with Crippen LogP contribution in [0.1, 0.15) is 88.1 Å². The number of ketones is 1. The highest BCUT2D eigenvalue weighted by atomic mass is 16.1. The monoisotopic (exact) mass is 1110 g/mol. The Bertz CT molecular complexity index is 5210. The van der Waals surface area contributed by atoms with Crippen molar-refractivity contribution in [3.8, 4) is 86.0 Å². The Morgan fingerprint density at radius 1 is 0.414 bits per heavy atom. The first kappa shape index (κ1) is 51.9. The van der Waals surface area contributed by atoms with E-state index in [2.05, 4.69) is 215 Å². The molecule has 0 aliphatic heterocycles. The molecule has 12 aromatic rings. The van der Waals surface area contributed by atoms with Crippen molar-refractivity contribution in [2.24, 2.45) is 0 Å². The van der Waals surface area contributed by atoms with Crippen LogP contribution < -0.4 is 4.90 Å². The predicted molar refractivity (Wildman–Crippen MR) is 347 cm³/mol. The van der Waals surface area contributed by atoms with Gasteiger partial charge < -0.3 is 4.90 Å². The minimum atomic E-state index is -0.551. The van der Waals surface area contributed by atoms with Gasteiger partial charge >= 0.3 is 0 Å². The third kappa shape index (κ3) is 7.67. The van der Waals surface area contributed by atoms with Crippen LogP contribution in [0.2, 0.25) is 0 Å². The van der Waals surface area contributed by atoms with Crippen LogP contribution in [0.3, 0.4) is 0 Å². The molecular weight excluding hydrogens is 1060 g/mol. The van der Waals surface area contributed by atoms with Crippen molar-refractivity contribution in [2.75, 3.05) is 4.90 Å². The normalized spacial score (nSPS) is 14.1. The molecule has 404 valence electrons. The lowest BCUT2D eigenvalue weighted by molar-refractivity contribution is 0.104. The quantitative estimate of drug-likeness (QED) is 0.0879. The first-order valence-electron chi connectivity index (χ1n) is 28.9. The summed E-state index contributed by atoms with van der Waals surface area (Å²) >= 11 is 0. The van der Waals surface area contributed by atoms with E-state index in [1.807, 2.05) is 54.6 Å². The fourth-order valence-corrected chi connectivity index (χ4v) is 14.4. The summed E-state index contributed by atoms with van der Waals surface area (Å²) < 4.78 is 0. The molecule has 12 aromatic carbocycles. The molecule has 0 bridgehead atoms. The van der Waals surface area contributed by atoms with Gasteiger partial charge in [-0.05, 0) is 164 Å². The van der Waals surface area contributed by atoms with Crippen LogP contribution in [0.4, 0.5) is 17.1 Å². The van der Waals surface area contributed by atoms with E-state index >= 15 is 0 Å². The van der Waals surface area contributed by atoms with Crippen LogP contribution in [0.25, 0.3) is 99.6 Å². The zero-order chi connectivity index (χ0) is 59.6. The number of benzene rings is 12. The topological polar surface area (TPSA) is 139 Å². The van der Waals surface area contributed by atoms with E-state index in [0.717, 1.165) is 77.4 Å². The lowest BCUT2D eigenvalue weighted by Gasteiger charge is -2.28. The van der Waals surface area contributed by atoms with E-state index in [9.17, 15) is 31.1 Å². The molecule has 0 saturated carbocycles. The third-order valence-corrected chi connectivity index (χ3v) is 18.7. The molecular formula is C80H48N6O. The van der Waals surface area contributed by atoms with E-state index in [1.54, 1.807) is 6.08 Å². The number of carbonyl (C=O) groups excluding carboxylic acids is 1. The fourth-order valence-electron chi connectivity index (χ4n) is 14.4. The molecule has 87 heavy (non-hydrogen) atoms. The summed E-state index contributed by atoms with van der Waals surface area (Å²) in [6, 6.07) is 85.6. The lowest BCUT2D eigenvalue weighted by atomic mass is 9.82. The molecule has 0 atom stereocenters. The molecule has 0 aromatic heterocycles. The number of hydrogen-bond donors (Lipinski definition) is 0. The van der Waals surface area contributed by atoms with Crippen LogP contribution in [0.5, 0.6) is 0 Å². The summed E-state index contributed by atoms with van der Waals surface area (Å²) in [4.78, 5) is 16.5. The second kappa shape index (κ2) is 19.3. The Balaban J connectivity index is 0.754. The van der Waals surface area contributed by atoms with Gasteiger partial charge in [0, 0.05) is 50.2 Å².